The van der Waals surface area contributed by atoms with Crippen LogP contribution in [0.4, 0.5) is 0 Å². The number of esters is 1. The van der Waals surface area contributed by atoms with Crippen molar-refractivity contribution < 1.29 is 19.4 Å². The van der Waals surface area contributed by atoms with E-state index in [0.29, 0.717) is 6.42 Å². The van der Waals surface area contributed by atoms with E-state index in [1.54, 1.807) is 0 Å². The molecule has 0 aliphatic rings. The number of carboxylic acid groups (broad SMARTS) is 1. The highest BCUT2D eigenvalue weighted by Crippen LogP contribution is 2.20. The van der Waals surface area contributed by atoms with Crippen molar-refractivity contribution in [2.24, 2.45) is 5.92 Å². The smallest absolute Gasteiger partial charge is 0.330 e. The third-order valence-corrected chi connectivity index (χ3v) is 3.47. The van der Waals surface area contributed by atoms with E-state index in [2.05, 4.69) is 6.58 Å². The van der Waals surface area contributed by atoms with Crippen LogP contribution in [0.3, 0.4) is 0 Å². The van der Waals surface area contributed by atoms with Crippen LogP contribution in [-0.4, -0.2) is 22.6 Å². The van der Waals surface area contributed by atoms with Crippen molar-refractivity contribution in [1.29, 1.82) is 0 Å². The highest BCUT2D eigenvalue weighted by atomic mass is 16.6. The highest BCUT2D eigenvalue weighted by Gasteiger charge is 2.21. The maximum atomic E-state index is 11.1. The number of aliphatic carboxylic acids is 1. The van der Waals surface area contributed by atoms with Crippen molar-refractivity contribution in [3.8, 4) is 0 Å². The zero-order chi connectivity index (χ0) is 15.6. The first-order valence-corrected chi connectivity index (χ1v) is 7.40. The van der Waals surface area contributed by atoms with Gasteiger partial charge in [0.1, 0.15) is 5.60 Å². The average molecular weight is 284 g/mol. The van der Waals surface area contributed by atoms with Gasteiger partial charge in [-0.15, -0.1) is 0 Å². The first kappa shape index (κ1) is 18.7. The Kier molecular flexibility index (Phi) is 8.93. The van der Waals surface area contributed by atoms with Crippen molar-refractivity contribution in [2.75, 3.05) is 0 Å². The van der Waals surface area contributed by atoms with Crippen LogP contribution < -0.4 is 0 Å². The molecule has 0 aliphatic heterocycles. The molecule has 0 saturated heterocycles. The van der Waals surface area contributed by atoms with E-state index < -0.39 is 11.6 Å². The molecule has 0 spiro atoms. The molecule has 0 heterocycles. The van der Waals surface area contributed by atoms with Gasteiger partial charge in [-0.1, -0.05) is 32.8 Å². The maximum Gasteiger partial charge on any atom is 0.330 e. The molecule has 0 radical (unpaired) electrons. The molecule has 0 aromatic carbocycles. The van der Waals surface area contributed by atoms with Gasteiger partial charge in [-0.05, 0) is 39.5 Å². The molecule has 1 atom stereocenters. The Labute approximate surface area is 122 Å². The van der Waals surface area contributed by atoms with Crippen LogP contribution in [0.15, 0.2) is 12.7 Å². The lowest BCUT2D eigenvalue weighted by Crippen LogP contribution is -2.27. The molecule has 0 aromatic heterocycles. The van der Waals surface area contributed by atoms with E-state index in [9.17, 15) is 9.59 Å². The van der Waals surface area contributed by atoms with E-state index in [1.807, 2.05) is 20.8 Å². The van der Waals surface area contributed by atoms with Gasteiger partial charge in [0, 0.05) is 6.08 Å². The Balaban J connectivity index is 3.73. The summed E-state index contributed by atoms with van der Waals surface area (Å²) in [6.07, 6.45) is 7.40. The fraction of sp³-hybridized carbons (Fsp3) is 0.750. The minimum atomic E-state index is -0.690. The van der Waals surface area contributed by atoms with Gasteiger partial charge in [0.05, 0.1) is 5.92 Å². The summed E-state index contributed by atoms with van der Waals surface area (Å²) in [4.78, 5) is 22.0. The summed E-state index contributed by atoms with van der Waals surface area (Å²) in [5.41, 5.74) is -0.460. The lowest BCUT2D eigenvalue weighted by atomic mass is 9.96. The second-order valence-electron chi connectivity index (χ2n) is 5.78. The molecule has 0 aromatic rings. The molecule has 0 bridgehead atoms. The van der Waals surface area contributed by atoms with Gasteiger partial charge < -0.3 is 9.84 Å². The minimum absolute atomic E-state index is 0.208. The number of hydrogen-bond acceptors (Lipinski definition) is 3. The lowest BCUT2D eigenvalue weighted by Gasteiger charge is -2.24. The molecular formula is C16H28O4. The molecule has 116 valence electrons. The number of unbranched alkanes of at least 4 members (excludes halogenated alkanes) is 3. The SMILES string of the molecule is C=CC(=O)OC(C)(C)CCCCCCC(CC)C(=O)O. The van der Waals surface area contributed by atoms with Gasteiger partial charge in [-0.3, -0.25) is 4.79 Å². The lowest BCUT2D eigenvalue weighted by molar-refractivity contribution is -0.150. The summed E-state index contributed by atoms with van der Waals surface area (Å²) in [6.45, 7) is 9.08. The van der Waals surface area contributed by atoms with E-state index in [1.165, 1.54) is 6.08 Å². The van der Waals surface area contributed by atoms with Crippen molar-refractivity contribution in [3.63, 3.8) is 0 Å². The summed E-state index contributed by atoms with van der Waals surface area (Å²) in [7, 11) is 0. The van der Waals surface area contributed by atoms with Crippen LogP contribution in [0, 0.1) is 5.92 Å². The third-order valence-electron chi connectivity index (χ3n) is 3.47. The van der Waals surface area contributed by atoms with Gasteiger partial charge >= 0.3 is 11.9 Å². The topological polar surface area (TPSA) is 63.6 Å². The molecule has 0 fully saturated rings. The van der Waals surface area contributed by atoms with Gasteiger partial charge in [0.25, 0.3) is 0 Å². The second-order valence-corrected chi connectivity index (χ2v) is 5.78. The number of carbonyl (C=O) groups excluding carboxylic acids is 1. The predicted molar refractivity (Wildman–Crippen MR) is 79.5 cm³/mol. The number of ether oxygens (including phenoxy) is 1. The summed E-state index contributed by atoms with van der Waals surface area (Å²) in [5, 5.41) is 8.93. The van der Waals surface area contributed by atoms with Crippen LogP contribution >= 0.6 is 0 Å². The predicted octanol–water partition coefficient (Wildman–Crippen LogP) is 3.95. The molecule has 0 rings (SSSR count). The maximum absolute atomic E-state index is 11.1. The minimum Gasteiger partial charge on any atom is -0.481 e. The molecule has 4 nitrogen and oxygen atoms in total. The Bertz CT molecular complexity index is 320. The average Bonchev–Trinajstić information content (AvgIpc) is 2.36. The number of rotatable bonds is 11. The van der Waals surface area contributed by atoms with E-state index in [0.717, 1.165) is 38.5 Å². The zero-order valence-corrected chi connectivity index (χ0v) is 13.0. The molecule has 4 heteroatoms. The number of hydrogen-bond donors (Lipinski definition) is 1. The second kappa shape index (κ2) is 9.56. The monoisotopic (exact) mass is 284 g/mol. The van der Waals surface area contributed by atoms with E-state index in [4.69, 9.17) is 9.84 Å². The molecule has 0 amide bonds. The standard InChI is InChI=1S/C16H28O4/c1-5-13(15(18)19)11-9-7-8-10-12-16(3,4)20-14(17)6-2/h6,13H,2,5,7-12H2,1,3-4H3,(H,18,19). The molecule has 0 saturated carbocycles. The highest BCUT2D eigenvalue weighted by molar-refractivity contribution is 5.81. The zero-order valence-electron chi connectivity index (χ0n) is 13.0. The Morgan fingerprint density at radius 1 is 1.25 bits per heavy atom. The first-order chi connectivity index (χ1) is 9.32. The van der Waals surface area contributed by atoms with Gasteiger partial charge in [0.2, 0.25) is 0 Å². The van der Waals surface area contributed by atoms with Gasteiger partial charge in [-0.2, -0.15) is 0 Å². The van der Waals surface area contributed by atoms with Crippen LogP contribution in [0.5, 0.6) is 0 Å². The fourth-order valence-electron chi connectivity index (χ4n) is 2.16. The summed E-state index contributed by atoms with van der Waals surface area (Å²) >= 11 is 0. The van der Waals surface area contributed by atoms with Crippen molar-refractivity contribution in [1.82, 2.24) is 0 Å². The molecular weight excluding hydrogens is 256 g/mol. The quantitative estimate of drug-likeness (QED) is 0.354. The van der Waals surface area contributed by atoms with E-state index >= 15 is 0 Å². The normalized spacial score (nSPS) is 12.8. The number of carbonyl (C=O) groups is 2. The van der Waals surface area contributed by atoms with Crippen LogP contribution in [-0.2, 0) is 14.3 Å². The third kappa shape index (κ3) is 8.73. The van der Waals surface area contributed by atoms with E-state index in [-0.39, 0.29) is 11.9 Å². The fourth-order valence-corrected chi connectivity index (χ4v) is 2.16. The van der Waals surface area contributed by atoms with Crippen molar-refractivity contribution in [2.45, 2.75) is 71.3 Å². The largest absolute Gasteiger partial charge is 0.481 e. The van der Waals surface area contributed by atoms with Crippen molar-refractivity contribution in [3.05, 3.63) is 12.7 Å². The molecule has 1 N–H and O–H groups in total. The van der Waals surface area contributed by atoms with Crippen LogP contribution in [0.25, 0.3) is 0 Å². The van der Waals surface area contributed by atoms with Gasteiger partial charge in [0.15, 0.2) is 0 Å². The van der Waals surface area contributed by atoms with Crippen LogP contribution in [0.2, 0.25) is 0 Å². The molecule has 1 unspecified atom stereocenters. The van der Waals surface area contributed by atoms with Crippen LogP contribution in [0.1, 0.15) is 65.7 Å². The summed E-state index contributed by atoms with van der Waals surface area (Å²) < 4.78 is 5.25. The first-order valence-electron chi connectivity index (χ1n) is 7.40. The van der Waals surface area contributed by atoms with Crippen molar-refractivity contribution >= 4 is 11.9 Å². The Morgan fingerprint density at radius 3 is 2.35 bits per heavy atom. The Hall–Kier alpha value is -1.32. The summed E-state index contributed by atoms with van der Waals surface area (Å²) in [6, 6.07) is 0. The number of carboxylic acids is 1. The van der Waals surface area contributed by atoms with Gasteiger partial charge in [-0.25, -0.2) is 4.79 Å². The Morgan fingerprint density at radius 2 is 1.85 bits per heavy atom. The molecule has 20 heavy (non-hydrogen) atoms. The molecule has 0 aliphatic carbocycles. The summed E-state index contributed by atoms with van der Waals surface area (Å²) in [5.74, 6) is -1.28.